The van der Waals surface area contributed by atoms with Gasteiger partial charge in [-0.3, -0.25) is 0 Å². The first kappa shape index (κ1) is 11.2. The fourth-order valence-corrected chi connectivity index (χ4v) is 1.23. The summed E-state index contributed by atoms with van der Waals surface area (Å²) in [6.07, 6.45) is 8.14. The molecule has 0 heterocycles. The van der Waals surface area contributed by atoms with Crippen molar-refractivity contribution in [3.63, 3.8) is 0 Å². The first-order chi connectivity index (χ1) is 5.41. The topological polar surface area (TPSA) is 12.0 Å². The van der Waals surface area contributed by atoms with Crippen LogP contribution in [-0.4, -0.2) is 12.5 Å². The molecule has 0 radical (unpaired) electrons. The fraction of sp³-hybridized carbons (Fsp3) is 1.00. The van der Waals surface area contributed by atoms with Crippen molar-refractivity contribution in [1.29, 1.82) is 0 Å². The van der Waals surface area contributed by atoms with E-state index in [9.17, 15) is 0 Å². The van der Waals surface area contributed by atoms with E-state index in [4.69, 9.17) is 11.6 Å². The highest BCUT2D eigenvalue weighted by atomic mass is 35.5. The van der Waals surface area contributed by atoms with Crippen LogP contribution in [0.1, 0.15) is 45.4 Å². The lowest BCUT2D eigenvalue weighted by atomic mass is 10.1. The summed E-state index contributed by atoms with van der Waals surface area (Å²) < 4.78 is 0. The molecule has 0 bridgehead atoms. The number of hydrogen-bond donors (Lipinski definition) is 1. The summed E-state index contributed by atoms with van der Waals surface area (Å²) >= 11 is 5.45. The largest absolute Gasteiger partial charge is 0.304 e. The van der Waals surface area contributed by atoms with Crippen LogP contribution in [0.4, 0.5) is 0 Å². The molecule has 0 aliphatic rings. The number of halogens is 1. The van der Waals surface area contributed by atoms with Crippen LogP contribution < -0.4 is 5.32 Å². The average molecular weight is 178 g/mol. The maximum absolute atomic E-state index is 5.45. The minimum absolute atomic E-state index is 0.592. The molecule has 0 aromatic heterocycles. The second kappa shape index (κ2) is 10.2. The molecule has 0 unspecified atom stereocenters. The van der Waals surface area contributed by atoms with Crippen LogP contribution in [0.3, 0.4) is 0 Å². The van der Waals surface area contributed by atoms with Gasteiger partial charge in [-0.2, -0.15) is 0 Å². The molecule has 0 aromatic carbocycles. The molecular weight excluding hydrogens is 158 g/mol. The first-order valence-electron chi connectivity index (χ1n) is 4.68. The summed E-state index contributed by atoms with van der Waals surface area (Å²) in [6, 6.07) is 0.592. The second-order valence-corrected chi connectivity index (χ2v) is 3.17. The average Bonchev–Trinajstić information content (AvgIpc) is 2.03. The van der Waals surface area contributed by atoms with Gasteiger partial charge in [0, 0.05) is 0 Å². The second-order valence-electron chi connectivity index (χ2n) is 2.90. The van der Waals surface area contributed by atoms with E-state index in [2.05, 4.69) is 12.2 Å². The number of hydrogen-bond acceptors (Lipinski definition) is 1. The van der Waals surface area contributed by atoms with Crippen LogP contribution in [0.25, 0.3) is 0 Å². The summed E-state index contributed by atoms with van der Waals surface area (Å²) in [6.45, 7) is 3.32. The fourth-order valence-electron chi connectivity index (χ4n) is 1.10. The van der Waals surface area contributed by atoms with Crippen molar-refractivity contribution in [2.24, 2.45) is 0 Å². The maximum atomic E-state index is 5.45. The molecule has 68 valence electrons. The molecule has 0 rings (SSSR count). The van der Waals surface area contributed by atoms with Crippen molar-refractivity contribution >= 4 is 11.6 Å². The highest BCUT2D eigenvalue weighted by Crippen LogP contribution is 2.03. The van der Waals surface area contributed by atoms with Gasteiger partial charge in [0.1, 0.15) is 0 Å². The zero-order valence-corrected chi connectivity index (χ0v) is 8.29. The van der Waals surface area contributed by atoms with Crippen molar-refractivity contribution in [3.05, 3.63) is 0 Å². The SMILES string of the molecule is CCCCCCCCNCCl. The van der Waals surface area contributed by atoms with Crippen molar-refractivity contribution in [2.45, 2.75) is 45.4 Å². The summed E-state index contributed by atoms with van der Waals surface area (Å²) in [5.41, 5.74) is 0. The van der Waals surface area contributed by atoms with Gasteiger partial charge >= 0.3 is 0 Å². The zero-order valence-electron chi connectivity index (χ0n) is 7.53. The number of unbranched alkanes of at least 4 members (excludes halogenated alkanes) is 5. The molecule has 1 nitrogen and oxygen atoms in total. The van der Waals surface area contributed by atoms with Gasteiger partial charge < -0.3 is 5.32 Å². The van der Waals surface area contributed by atoms with Gasteiger partial charge in [-0.05, 0) is 13.0 Å². The van der Waals surface area contributed by atoms with E-state index in [0.29, 0.717) is 6.00 Å². The molecule has 0 aliphatic carbocycles. The molecule has 1 N–H and O–H groups in total. The van der Waals surface area contributed by atoms with Crippen LogP contribution in [0.2, 0.25) is 0 Å². The Hall–Kier alpha value is 0.250. The first-order valence-corrected chi connectivity index (χ1v) is 5.22. The molecule has 2 heteroatoms. The molecule has 0 saturated carbocycles. The van der Waals surface area contributed by atoms with Gasteiger partial charge in [-0.25, -0.2) is 0 Å². The molecule has 0 spiro atoms. The van der Waals surface area contributed by atoms with Crippen molar-refractivity contribution in [2.75, 3.05) is 12.5 Å². The lowest BCUT2D eigenvalue weighted by Gasteiger charge is -2.00. The minimum Gasteiger partial charge on any atom is -0.304 e. The highest BCUT2D eigenvalue weighted by molar-refractivity contribution is 6.17. The van der Waals surface area contributed by atoms with Crippen LogP contribution >= 0.6 is 11.6 Å². The predicted octanol–water partition coefficient (Wildman–Crippen LogP) is 3.13. The van der Waals surface area contributed by atoms with E-state index in [1.807, 2.05) is 0 Å². The summed E-state index contributed by atoms with van der Waals surface area (Å²) in [5.74, 6) is 0. The highest BCUT2D eigenvalue weighted by Gasteiger charge is 1.88. The van der Waals surface area contributed by atoms with Crippen LogP contribution in [-0.2, 0) is 0 Å². The van der Waals surface area contributed by atoms with E-state index in [1.165, 1.54) is 38.5 Å². The Bertz CT molecular complexity index is 58.6. The third-order valence-electron chi connectivity index (χ3n) is 1.80. The Morgan fingerprint density at radius 2 is 1.64 bits per heavy atom. The number of rotatable bonds is 8. The molecule has 0 saturated heterocycles. The van der Waals surface area contributed by atoms with Crippen LogP contribution in [0, 0.1) is 0 Å². The van der Waals surface area contributed by atoms with Crippen molar-refractivity contribution in [3.8, 4) is 0 Å². The third kappa shape index (κ3) is 10.2. The maximum Gasteiger partial charge on any atom is 0.0713 e. The molecule has 0 fully saturated rings. The quantitative estimate of drug-likeness (QED) is 0.341. The number of nitrogens with one attached hydrogen (secondary N) is 1. The van der Waals surface area contributed by atoms with E-state index in [1.54, 1.807) is 0 Å². The van der Waals surface area contributed by atoms with Gasteiger partial charge in [0.15, 0.2) is 0 Å². The van der Waals surface area contributed by atoms with Gasteiger partial charge in [-0.1, -0.05) is 39.0 Å². The summed E-state index contributed by atoms with van der Waals surface area (Å²) in [4.78, 5) is 0. The van der Waals surface area contributed by atoms with Crippen molar-refractivity contribution in [1.82, 2.24) is 5.32 Å². The number of alkyl halides is 1. The normalized spacial score (nSPS) is 10.4. The van der Waals surface area contributed by atoms with Crippen molar-refractivity contribution < 1.29 is 0 Å². The van der Waals surface area contributed by atoms with Gasteiger partial charge in [-0.15, -0.1) is 11.6 Å². The predicted molar refractivity (Wildman–Crippen MR) is 52.1 cm³/mol. The van der Waals surface area contributed by atoms with E-state index >= 15 is 0 Å². The van der Waals surface area contributed by atoms with E-state index in [-0.39, 0.29) is 0 Å². The summed E-state index contributed by atoms with van der Waals surface area (Å²) in [5, 5.41) is 3.10. The van der Waals surface area contributed by atoms with Gasteiger partial charge in [0.05, 0.1) is 6.00 Å². The standard InChI is InChI=1S/C9H20ClN/c1-2-3-4-5-6-7-8-11-9-10/h11H,2-9H2,1H3. The molecule has 0 aromatic rings. The molecule has 0 atom stereocenters. The van der Waals surface area contributed by atoms with E-state index < -0.39 is 0 Å². The van der Waals surface area contributed by atoms with Gasteiger partial charge in [0.2, 0.25) is 0 Å². The monoisotopic (exact) mass is 177 g/mol. The Labute approximate surface area is 75.5 Å². The molecule has 11 heavy (non-hydrogen) atoms. The lowest BCUT2D eigenvalue weighted by Crippen LogP contribution is -2.12. The summed E-state index contributed by atoms with van der Waals surface area (Å²) in [7, 11) is 0. The zero-order chi connectivity index (χ0) is 8.36. The Morgan fingerprint density at radius 3 is 2.27 bits per heavy atom. The molecule has 0 amide bonds. The third-order valence-corrected chi connectivity index (χ3v) is 1.99. The smallest absolute Gasteiger partial charge is 0.0713 e. The minimum atomic E-state index is 0.592. The van der Waals surface area contributed by atoms with Crippen LogP contribution in [0.5, 0.6) is 0 Å². The van der Waals surface area contributed by atoms with E-state index in [0.717, 1.165) is 6.54 Å². The Kier molecular flexibility index (Phi) is 10.5. The van der Waals surface area contributed by atoms with Gasteiger partial charge in [0.25, 0.3) is 0 Å². The van der Waals surface area contributed by atoms with Crippen LogP contribution in [0.15, 0.2) is 0 Å². The Morgan fingerprint density at radius 1 is 1.00 bits per heavy atom. The molecular formula is C9H20ClN. The molecule has 0 aliphatic heterocycles. The lowest BCUT2D eigenvalue weighted by molar-refractivity contribution is 0.589. The Balaban J connectivity index is 2.69.